The van der Waals surface area contributed by atoms with Gasteiger partial charge in [-0.05, 0) is 49.1 Å². The Hall–Kier alpha value is -1.16. The molecule has 4 nitrogen and oxygen atoms in total. The summed E-state index contributed by atoms with van der Waals surface area (Å²) in [5.41, 5.74) is 0.746. The molecule has 1 aromatic heterocycles. The Balaban J connectivity index is 1.58. The van der Waals surface area contributed by atoms with E-state index in [1.807, 2.05) is 0 Å². The fourth-order valence-electron chi connectivity index (χ4n) is 2.37. The maximum Gasteiger partial charge on any atom is 0.271 e. The molecular weight excluding hydrogens is 238 g/mol. The predicted octanol–water partition coefficient (Wildman–Crippen LogP) is 2.05. The lowest BCUT2D eigenvalue weighted by Gasteiger charge is -2.14. The Morgan fingerprint density at radius 2 is 2.18 bits per heavy atom. The smallest absolute Gasteiger partial charge is 0.271 e. The largest absolute Gasteiger partial charge is 0.350 e. The zero-order valence-corrected chi connectivity index (χ0v) is 10.2. The van der Waals surface area contributed by atoms with Crippen LogP contribution in [0.5, 0.6) is 0 Å². The van der Waals surface area contributed by atoms with Crippen molar-refractivity contribution in [1.29, 1.82) is 0 Å². The molecule has 3 rings (SSSR count). The number of halogens is 1. The zero-order chi connectivity index (χ0) is 11.9. The highest BCUT2D eigenvalue weighted by molar-refractivity contribution is 6.29. The van der Waals surface area contributed by atoms with Crippen LogP contribution in [0.1, 0.15) is 36.2 Å². The van der Waals surface area contributed by atoms with Gasteiger partial charge in [0.05, 0.1) is 0 Å². The van der Waals surface area contributed by atoms with Crippen LogP contribution in [0.4, 0.5) is 0 Å². The van der Waals surface area contributed by atoms with Gasteiger partial charge in [-0.1, -0.05) is 11.6 Å². The van der Waals surface area contributed by atoms with Gasteiger partial charge in [0.1, 0.15) is 0 Å². The van der Waals surface area contributed by atoms with Gasteiger partial charge < -0.3 is 5.32 Å². The number of carbonyl (C=O) groups excluding carboxylic acids is 1. The molecule has 2 aliphatic rings. The Morgan fingerprint density at radius 3 is 2.71 bits per heavy atom. The molecule has 17 heavy (non-hydrogen) atoms. The molecule has 0 saturated heterocycles. The molecule has 5 heteroatoms. The van der Waals surface area contributed by atoms with Crippen LogP contribution in [0.15, 0.2) is 12.1 Å². The van der Waals surface area contributed by atoms with Crippen molar-refractivity contribution >= 4 is 17.5 Å². The third-order valence-corrected chi connectivity index (χ3v) is 4.00. The van der Waals surface area contributed by atoms with Gasteiger partial charge in [0, 0.05) is 6.54 Å². The molecule has 1 heterocycles. The van der Waals surface area contributed by atoms with Crippen molar-refractivity contribution in [3.63, 3.8) is 0 Å². The molecule has 0 spiro atoms. The van der Waals surface area contributed by atoms with Crippen LogP contribution >= 0.6 is 11.6 Å². The van der Waals surface area contributed by atoms with Crippen molar-refractivity contribution in [2.45, 2.75) is 25.7 Å². The fraction of sp³-hybridized carbons (Fsp3) is 0.583. The highest BCUT2D eigenvalue weighted by atomic mass is 35.5. The average Bonchev–Trinajstić information content (AvgIpc) is 3.17. The number of hydrogen-bond acceptors (Lipinski definition) is 3. The van der Waals surface area contributed by atoms with Crippen molar-refractivity contribution in [1.82, 2.24) is 15.5 Å². The summed E-state index contributed by atoms with van der Waals surface area (Å²) in [5.74, 6) is 0.695. The van der Waals surface area contributed by atoms with Crippen LogP contribution in [-0.4, -0.2) is 22.6 Å². The first kappa shape index (κ1) is 11.0. The molecule has 1 amide bonds. The number of nitrogens with zero attached hydrogens (tertiary/aromatic N) is 2. The van der Waals surface area contributed by atoms with E-state index in [4.69, 9.17) is 11.6 Å². The second-order valence-corrected chi connectivity index (χ2v) is 5.45. The molecule has 0 atom stereocenters. The second kappa shape index (κ2) is 3.95. The van der Waals surface area contributed by atoms with Crippen molar-refractivity contribution in [2.24, 2.45) is 11.3 Å². The molecule has 0 aliphatic heterocycles. The molecule has 0 unspecified atom stereocenters. The van der Waals surface area contributed by atoms with E-state index in [-0.39, 0.29) is 5.91 Å². The van der Waals surface area contributed by atoms with E-state index in [2.05, 4.69) is 15.5 Å². The summed E-state index contributed by atoms with van der Waals surface area (Å²) < 4.78 is 0. The van der Waals surface area contributed by atoms with Gasteiger partial charge in [0.25, 0.3) is 5.91 Å². The molecule has 2 saturated carbocycles. The fourth-order valence-corrected chi connectivity index (χ4v) is 2.47. The summed E-state index contributed by atoms with van der Waals surface area (Å²) in [6.45, 7) is 0.779. The number of nitrogens with one attached hydrogen (secondary N) is 1. The Bertz CT molecular complexity index is 438. The zero-order valence-electron chi connectivity index (χ0n) is 9.45. The highest BCUT2D eigenvalue weighted by Gasteiger charge is 2.53. The summed E-state index contributed by atoms with van der Waals surface area (Å²) in [6.07, 6.45) is 5.17. The van der Waals surface area contributed by atoms with Crippen molar-refractivity contribution < 1.29 is 4.79 Å². The normalized spacial score (nSPS) is 21.0. The van der Waals surface area contributed by atoms with Gasteiger partial charge in [-0.3, -0.25) is 4.79 Å². The number of carbonyl (C=O) groups is 1. The summed E-state index contributed by atoms with van der Waals surface area (Å²) >= 11 is 5.62. The van der Waals surface area contributed by atoms with E-state index >= 15 is 0 Å². The number of amides is 1. The predicted molar refractivity (Wildman–Crippen MR) is 63.8 cm³/mol. The van der Waals surface area contributed by atoms with E-state index in [1.165, 1.54) is 25.7 Å². The van der Waals surface area contributed by atoms with Crippen molar-refractivity contribution in [3.05, 3.63) is 23.0 Å². The van der Waals surface area contributed by atoms with Gasteiger partial charge in [-0.2, -0.15) is 0 Å². The lowest BCUT2D eigenvalue weighted by Crippen LogP contribution is -2.31. The van der Waals surface area contributed by atoms with Gasteiger partial charge in [-0.15, -0.1) is 10.2 Å². The van der Waals surface area contributed by atoms with Crippen molar-refractivity contribution in [3.8, 4) is 0 Å². The van der Waals surface area contributed by atoms with Gasteiger partial charge in [0.15, 0.2) is 10.8 Å². The molecule has 90 valence electrons. The minimum absolute atomic E-state index is 0.152. The van der Waals surface area contributed by atoms with Crippen LogP contribution in [0.25, 0.3) is 0 Å². The van der Waals surface area contributed by atoms with Gasteiger partial charge >= 0.3 is 0 Å². The first-order chi connectivity index (χ1) is 8.20. The van der Waals surface area contributed by atoms with E-state index in [9.17, 15) is 4.79 Å². The van der Waals surface area contributed by atoms with E-state index in [0.717, 1.165) is 12.5 Å². The van der Waals surface area contributed by atoms with E-state index in [1.54, 1.807) is 12.1 Å². The third kappa shape index (κ3) is 2.27. The molecular formula is C12H14ClN3O. The topological polar surface area (TPSA) is 54.9 Å². The van der Waals surface area contributed by atoms with E-state index in [0.29, 0.717) is 16.3 Å². The van der Waals surface area contributed by atoms with E-state index < -0.39 is 0 Å². The first-order valence-corrected chi connectivity index (χ1v) is 6.35. The van der Waals surface area contributed by atoms with Gasteiger partial charge in [-0.25, -0.2) is 0 Å². The molecule has 0 aromatic carbocycles. The molecule has 1 aromatic rings. The minimum atomic E-state index is -0.152. The Kier molecular flexibility index (Phi) is 2.54. The maximum absolute atomic E-state index is 11.8. The molecule has 2 fully saturated rings. The summed E-state index contributed by atoms with van der Waals surface area (Å²) in [5, 5.41) is 10.7. The monoisotopic (exact) mass is 251 g/mol. The summed E-state index contributed by atoms with van der Waals surface area (Å²) in [4.78, 5) is 11.8. The average molecular weight is 252 g/mol. The summed E-state index contributed by atoms with van der Waals surface area (Å²) in [7, 11) is 0. The van der Waals surface area contributed by atoms with Crippen LogP contribution in [0.3, 0.4) is 0 Å². The number of aromatic nitrogens is 2. The Labute approximate surface area is 105 Å². The van der Waals surface area contributed by atoms with Gasteiger partial charge in [0.2, 0.25) is 0 Å². The summed E-state index contributed by atoms with van der Waals surface area (Å²) in [6, 6.07) is 3.18. The first-order valence-electron chi connectivity index (χ1n) is 5.97. The highest BCUT2D eigenvalue weighted by Crippen LogP contribution is 2.60. The lowest BCUT2D eigenvalue weighted by molar-refractivity contribution is 0.0936. The molecule has 1 N–H and O–H groups in total. The molecule has 0 bridgehead atoms. The molecule has 0 radical (unpaired) electrons. The second-order valence-electron chi connectivity index (χ2n) is 5.06. The van der Waals surface area contributed by atoms with Crippen LogP contribution in [-0.2, 0) is 0 Å². The molecule has 2 aliphatic carbocycles. The maximum atomic E-state index is 11.8. The minimum Gasteiger partial charge on any atom is -0.350 e. The van der Waals surface area contributed by atoms with Crippen LogP contribution < -0.4 is 5.32 Å². The third-order valence-electron chi connectivity index (χ3n) is 3.80. The number of rotatable bonds is 4. The quantitative estimate of drug-likeness (QED) is 0.891. The van der Waals surface area contributed by atoms with Crippen molar-refractivity contribution in [2.75, 3.05) is 6.54 Å². The Morgan fingerprint density at radius 1 is 1.41 bits per heavy atom. The lowest BCUT2D eigenvalue weighted by atomic mass is 10.0. The van der Waals surface area contributed by atoms with Crippen LogP contribution in [0, 0.1) is 11.3 Å². The standard InChI is InChI=1S/C12H14ClN3O/c13-10-4-3-9(15-16-10)11(17)14-7-12(5-6-12)8-1-2-8/h3-4,8H,1-2,5-7H2,(H,14,17). The van der Waals surface area contributed by atoms with Crippen LogP contribution in [0.2, 0.25) is 5.15 Å². The SMILES string of the molecule is O=C(NCC1(C2CC2)CC1)c1ccc(Cl)nn1. The number of hydrogen-bond donors (Lipinski definition) is 1.